The Morgan fingerprint density at radius 2 is 1.79 bits per heavy atom. The molecular formula is C13H19ClF3NO. The Hall–Kier alpha value is -0.940. The predicted octanol–water partition coefficient (Wildman–Crippen LogP) is 4.18. The Balaban J connectivity index is 0.00000324. The predicted molar refractivity (Wildman–Crippen MR) is 71.6 cm³/mol. The van der Waals surface area contributed by atoms with Crippen LogP contribution in [0.4, 0.5) is 13.2 Å². The van der Waals surface area contributed by atoms with Crippen molar-refractivity contribution < 1.29 is 17.9 Å². The molecule has 0 aliphatic rings. The minimum atomic E-state index is -4.39. The van der Waals surface area contributed by atoms with Crippen molar-refractivity contribution in [3.05, 3.63) is 29.3 Å². The van der Waals surface area contributed by atoms with Gasteiger partial charge in [-0.3, -0.25) is 0 Å². The molecule has 0 aromatic heterocycles. The quantitative estimate of drug-likeness (QED) is 0.905. The Morgan fingerprint density at radius 3 is 2.21 bits per heavy atom. The standard InChI is InChI=1S/C13H18F3NO.ClH/c1-8(2)4-12(17)9-5-10(13(14,15)16)7-11(6-9)18-3;/h5-8,12H,4,17H2,1-3H3;1H/t12-;/m0./s1. The molecule has 0 saturated carbocycles. The maximum Gasteiger partial charge on any atom is 0.416 e. The van der Waals surface area contributed by atoms with Crippen molar-refractivity contribution in [3.8, 4) is 5.75 Å². The van der Waals surface area contributed by atoms with Crippen LogP contribution in [0.2, 0.25) is 0 Å². The van der Waals surface area contributed by atoms with Gasteiger partial charge in [-0.25, -0.2) is 0 Å². The van der Waals surface area contributed by atoms with Crippen LogP contribution in [-0.2, 0) is 6.18 Å². The fourth-order valence-corrected chi connectivity index (χ4v) is 1.76. The summed E-state index contributed by atoms with van der Waals surface area (Å²) in [7, 11) is 1.34. The molecule has 0 unspecified atom stereocenters. The van der Waals surface area contributed by atoms with Gasteiger partial charge in [-0.1, -0.05) is 13.8 Å². The summed E-state index contributed by atoms with van der Waals surface area (Å²) >= 11 is 0. The second-order valence-electron chi connectivity index (χ2n) is 4.73. The number of rotatable bonds is 4. The van der Waals surface area contributed by atoms with E-state index >= 15 is 0 Å². The highest BCUT2D eigenvalue weighted by Crippen LogP contribution is 2.34. The van der Waals surface area contributed by atoms with Crippen LogP contribution in [0.25, 0.3) is 0 Å². The van der Waals surface area contributed by atoms with E-state index in [1.165, 1.54) is 7.11 Å². The summed E-state index contributed by atoms with van der Waals surface area (Å²) in [5.74, 6) is 0.500. The number of benzene rings is 1. The van der Waals surface area contributed by atoms with Crippen molar-refractivity contribution in [1.82, 2.24) is 0 Å². The molecule has 2 N–H and O–H groups in total. The van der Waals surface area contributed by atoms with E-state index in [9.17, 15) is 13.2 Å². The van der Waals surface area contributed by atoms with Crippen LogP contribution in [0, 0.1) is 5.92 Å². The van der Waals surface area contributed by atoms with E-state index in [0.717, 1.165) is 12.1 Å². The van der Waals surface area contributed by atoms with Gasteiger partial charge in [0.15, 0.2) is 0 Å². The van der Waals surface area contributed by atoms with E-state index in [1.807, 2.05) is 13.8 Å². The van der Waals surface area contributed by atoms with Crippen LogP contribution in [0.1, 0.15) is 37.4 Å². The maximum absolute atomic E-state index is 12.7. The van der Waals surface area contributed by atoms with E-state index in [0.29, 0.717) is 17.9 Å². The summed E-state index contributed by atoms with van der Waals surface area (Å²) in [5, 5.41) is 0. The van der Waals surface area contributed by atoms with Gasteiger partial charge in [0, 0.05) is 6.04 Å². The van der Waals surface area contributed by atoms with Gasteiger partial charge in [0.05, 0.1) is 12.7 Å². The monoisotopic (exact) mass is 297 g/mol. The third-order valence-corrected chi connectivity index (χ3v) is 2.65. The van der Waals surface area contributed by atoms with Gasteiger partial charge in [0.1, 0.15) is 5.75 Å². The van der Waals surface area contributed by atoms with Gasteiger partial charge in [0.2, 0.25) is 0 Å². The first-order chi connectivity index (χ1) is 8.24. The zero-order chi connectivity index (χ0) is 13.9. The lowest BCUT2D eigenvalue weighted by Gasteiger charge is -2.17. The number of hydrogen-bond donors (Lipinski definition) is 1. The molecule has 0 radical (unpaired) electrons. The summed E-state index contributed by atoms with van der Waals surface area (Å²) in [4.78, 5) is 0. The Morgan fingerprint density at radius 1 is 1.21 bits per heavy atom. The first-order valence-electron chi connectivity index (χ1n) is 5.75. The van der Waals surface area contributed by atoms with Crippen molar-refractivity contribution in [2.75, 3.05) is 7.11 Å². The fourth-order valence-electron chi connectivity index (χ4n) is 1.76. The van der Waals surface area contributed by atoms with E-state index < -0.39 is 17.8 Å². The number of hydrogen-bond acceptors (Lipinski definition) is 2. The first kappa shape index (κ1) is 18.1. The molecular weight excluding hydrogens is 279 g/mol. The van der Waals surface area contributed by atoms with E-state index in [4.69, 9.17) is 10.5 Å². The lowest BCUT2D eigenvalue weighted by molar-refractivity contribution is -0.137. The largest absolute Gasteiger partial charge is 0.497 e. The van der Waals surface area contributed by atoms with Gasteiger partial charge in [-0.2, -0.15) is 13.2 Å². The van der Waals surface area contributed by atoms with Gasteiger partial charge < -0.3 is 10.5 Å². The highest BCUT2D eigenvalue weighted by atomic mass is 35.5. The Kier molecular flexibility index (Phi) is 6.66. The zero-order valence-corrected chi connectivity index (χ0v) is 11.9. The summed E-state index contributed by atoms with van der Waals surface area (Å²) < 4.78 is 43.0. The van der Waals surface area contributed by atoms with Crippen molar-refractivity contribution >= 4 is 12.4 Å². The second kappa shape index (κ2) is 7.01. The second-order valence-corrected chi connectivity index (χ2v) is 4.73. The average molecular weight is 298 g/mol. The number of nitrogens with two attached hydrogens (primary N) is 1. The van der Waals surface area contributed by atoms with Crippen LogP contribution in [0.3, 0.4) is 0 Å². The molecule has 0 heterocycles. The van der Waals surface area contributed by atoms with Crippen molar-refractivity contribution in [2.45, 2.75) is 32.5 Å². The van der Waals surface area contributed by atoms with Crippen LogP contribution in [0.5, 0.6) is 5.75 Å². The summed E-state index contributed by atoms with van der Waals surface area (Å²) in [6.07, 6.45) is -3.76. The lowest BCUT2D eigenvalue weighted by Crippen LogP contribution is -2.15. The number of alkyl halides is 3. The molecule has 0 bridgehead atoms. The van der Waals surface area contributed by atoms with Crippen LogP contribution in [0.15, 0.2) is 18.2 Å². The van der Waals surface area contributed by atoms with Crippen molar-refractivity contribution in [2.24, 2.45) is 11.7 Å². The Bertz CT molecular complexity index is 407. The molecule has 6 heteroatoms. The average Bonchev–Trinajstić information content (AvgIpc) is 2.26. The molecule has 19 heavy (non-hydrogen) atoms. The van der Waals surface area contributed by atoms with Crippen LogP contribution in [-0.4, -0.2) is 7.11 Å². The van der Waals surface area contributed by atoms with Crippen LogP contribution >= 0.6 is 12.4 Å². The molecule has 0 spiro atoms. The number of halogens is 4. The van der Waals surface area contributed by atoms with Gasteiger partial charge >= 0.3 is 6.18 Å². The molecule has 0 aliphatic heterocycles. The third-order valence-electron chi connectivity index (χ3n) is 2.65. The summed E-state index contributed by atoms with van der Waals surface area (Å²) in [5.41, 5.74) is 5.64. The Labute approximate surface area is 117 Å². The smallest absolute Gasteiger partial charge is 0.416 e. The summed E-state index contributed by atoms with van der Waals surface area (Å²) in [6.45, 7) is 3.95. The molecule has 0 fully saturated rings. The molecule has 1 aromatic rings. The highest BCUT2D eigenvalue weighted by molar-refractivity contribution is 5.85. The lowest BCUT2D eigenvalue weighted by atomic mass is 9.96. The topological polar surface area (TPSA) is 35.2 Å². The maximum atomic E-state index is 12.7. The third kappa shape index (κ3) is 5.28. The number of methoxy groups -OCH3 is 1. The van der Waals surface area contributed by atoms with Crippen molar-refractivity contribution in [3.63, 3.8) is 0 Å². The zero-order valence-electron chi connectivity index (χ0n) is 11.1. The normalized spacial score (nSPS) is 13.1. The fraction of sp³-hybridized carbons (Fsp3) is 0.538. The van der Waals surface area contributed by atoms with E-state index in [-0.39, 0.29) is 18.2 Å². The van der Waals surface area contributed by atoms with E-state index in [1.54, 1.807) is 6.07 Å². The van der Waals surface area contributed by atoms with E-state index in [2.05, 4.69) is 0 Å². The molecule has 1 rings (SSSR count). The van der Waals surface area contributed by atoms with Crippen molar-refractivity contribution in [1.29, 1.82) is 0 Å². The van der Waals surface area contributed by atoms with Gasteiger partial charge in [0.25, 0.3) is 0 Å². The molecule has 0 aliphatic carbocycles. The molecule has 2 nitrogen and oxygen atoms in total. The molecule has 110 valence electrons. The molecule has 1 aromatic carbocycles. The van der Waals surface area contributed by atoms with Gasteiger partial charge in [-0.15, -0.1) is 12.4 Å². The summed E-state index contributed by atoms with van der Waals surface area (Å²) in [6, 6.07) is 3.21. The minimum Gasteiger partial charge on any atom is -0.497 e. The molecule has 0 amide bonds. The van der Waals surface area contributed by atoms with Gasteiger partial charge in [-0.05, 0) is 36.1 Å². The molecule has 1 atom stereocenters. The minimum absolute atomic E-state index is 0. The first-order valence-corrected chi connectivity index (χ1v) is 5.75. The SMILES string of the molecule is COc1cc([C@@H](N)CC(C)C)cc(C(F)(F)F)c1.Cl. The number of ether oxygens (including phenoxy) is 1. The van der Waals surface area contributed by atoms with Crippen LogP contribution < -0.4 is 10.5 Å². The molecule has 0 saturated heterocycles. The highest BCUT2D eigenvalue weighted by Gasteiger charge is 2.31.